The Morgan fingerprint density at radius 3 is 2.65 bits per heavy atom. The van der Waals surface area contributed by atoms with Crippen molar-refractivity contribution < 1.29 is 9.59 Å². The Bertz CT molecular complexity index is 1430. The minimum Gasteiger partial charge on any atom is -0.355 e. The molecule has 1 atom stereocenters. The van der Waals surface area contributed by atoms with Gasteiger partial charge >= 0.3 is 0 Å². The normalized spacial score (nSPS) is 15.4. The predicted octanol–water partition coefficient (Wildman–Crippen LogP) is 6.26. The smallest absolute Gasteiger partial charge is 0.240 e. The molecule has 1 aliphatic rings. The molecular formula is C28H27ClN4O2S2. The number of rotatable bonds is 7. The molecule has 2 aromatic carbocycles. The van der Waals surface area contributed by atoms with E-state index >= 15 is 0 Å². The second-order valence-electron chi connectivity index (χ2n) is 8.80. The van der Waals surface area contributed by atoms with Crippen molar-refractivity contribution in [1.29, 1.82) is 0 Å². The van der Waals surface area contributed by atoms with Gasteiger partial charge in [-0.3, -0.25) is 14.5 Å². The molecule has 190 valence electrons. The molecule has 0 saturated heterocycles. The zero-order valence-electron chi connectivity index (χ0n) is 20.6. The Kier molecular flexibility index (Phi) is 7.69. The van der Waals surface area contributed by atoms with Gasteiger partial charge in [0, 0.05) is 17.1 Å². The van der Waals surface area contributed by atoms with Crippen LogP contribution in [0.25, 0.3) is 16.3 Å². The second kappa shape index (κ2) is 11.1. The highest BCUT2D eigenvalue weighted by Crippen LogP contribution is 2.50. The number of hydrogen-bond donors (Lipinski definition) is 1. The van der Waals surface area contributed by atoms with E-state index in [1.54, 1.807) is 16.2 Å². The van der Waals surface area contributed by atoms with E-state index in [1.807, 2.05) is 84.6 Å². The fourth-order valence-electron chi connectivity index (χ4n) is 4.48. The highest BCUT2D eigenvalue weighted by atomic mass is 35.5. The highest BCUT2D eigenvalue weighted by molar-refractivity contribution is 8.00. The molecule has 1 N–H and O–H groups in total. The maximum absolute atomic E-state index is 13.7. The number of carbonyl (C=O) groups is 2. The molecule has 0 aliphatic carbocycles. The van der Waals surface area contributed by atoms with Crippen LogP contribution in [0.15, 0.2) is 66.0 Å². The number of thioether (sulfide) groups is 1. The summed E-state index contributed by atoms with van der Waals surface area (Å²) in [5.41, 5.74) is 4.47. The number of hydrogen-bond acceptors (Lipinski definition) is 5. The van der Waals surface area contributed by atoms with Gasteiger partial charge in [0.1, 0.15) is 18.1 Å². The Morgan fingerprint density at radius 2 is 1.92 bits per heavy atom. The summed E-state index contributed by atoms with van der Waals surface area (Å²) < 4.78 is 1.83. The van der Waals surface area contributed by atoms with E-state index in [0.29, 0.717) is 17.4 Å². The highest BCUT2D eigenvalue weighted by Gasteiger charge is 2.38. The third-order valence-corrected chi connectivity index (χ3v) is 8.71. The standard InChI is InChI=1S/C28H27ClN4O2S2/c1-3-14-30-23(34)16-32-24(35)17-37-27(19-10-5-6-11-20(19)29)25-26(22-13-8-15-36-22)31-33(28(25)32)21-12-7-4-9-18(21)2/h4-13,15,27H,3,14,16-17H2,1-2H3,(H,30,34)/t27-/m1/s1. The summed E-state index contributed by atoms with van der Waals surface area (Å²) in [6.45, 7) is 4.50. The van der Waals surface area contributed by atoms with E-state index in [9.17, 15) is 9.59 Å². The lowest BCUT2D eigenvalue weighted by molar-refractivity contribution is -0.122. The summed E-state index contributed by atoms with van der Waals surface area (Å²) >= 11 is 9.83. The number of fused-ring (bicyclic) bond motifs is 1. The minimum atomic E-state index is -0.244. The van der Waals surface area contributed by atoms with E-state index in [0.717, 1.165) is 39.4 Å². The Hall–Kier alpha value is -3.07. The average molecular weight is 551 g/mol. The van der Waals surface area contributed by atoms with Gasteiger partial charge < -0.3 is 5.32 Å². The van der Waals surface area contributed by atoms with Crippen molar-refractivity contribution >= 4 is 52.3 Å². The monoisotopic (exact) mass is 550 g/mol. The molecule has 0 bridgehead atoms. The number of benzene rings is 2. The average Bonchev–Trinajstić information content (AvgIpc) is 3.53. The van der Waals surface area contributed by atoms with Gasteiger partial charge in [-0.15, -0.1) is 23.1 Å². The topological polar surface area (TPSA) is 67.2 Å². The molecule has 1 aliphatic heterocycles. The Balaban J connectivity index is 1.80. The van der Waals surface area contributed by atoms with Gasteiger partial charge in [0.05, 0.1) is 21.6 Å². The lowest BCUT2D eigenvalue weighted by Crippen LogP contribution is -2.42. The molecule has 37 heavy (non-hydrogen) atoms. The fourth-order valence-corrected chi connectivity index (χ4v) is 6.75. The van der Waals surface area contributed by atoms with Crippen LogP contribution in [0.5, 0.6) is 0 Å². The number of anilines is 1. The number of halogens is 1. The molecule has 0 unspecified atom stereocenters. The largest absolute Gasteiger partial charge is 0.355 e. The predicted molar refractivity (Wildman–Crippen MR) is 153 cm³/mol. The Morgan fingerprint density at radius 1 is 1.14 bits per heavy atom. The molecule has 2 amide bonds. The first-order valence-electron chi connectivity index (χ1n) is 12.2. The molecule has 9 heteroatoms. The number of nitrogens with one attached hydrogen (secondary N) is 1. The zero-order chi connectivity index (χ0) is 25.9. The minimum absolute atomic E-state index is 0.0803. The van der Waals surface area contributed by atoms with Gasteiger partial charge in [0.25, 0.3) is 0 Å². The molecule has 6 nitrogen and oxygen atoms in total. The molecule has 2 aromatic heterocycles. The molecule has 0 saturated carbocycles. The maximum atomic E-state index is 13.7. The van der Waals surface area contributed by atoms with Gasteiger partial charge in [0.2, 0.25) is 11.8 Å². The molecule has 0 radical (unpaired) electrons. The second-order valence-corrected chi connectivity index (χ2v) is 11.3. The van der Waals surface area contributed by atoms with E-state index in [-0.39, 0.29) is 29.4 Å². The van der Waals surface area contributed by atoms with Crippen LogP contribution in [0.2, 0.25) is 5.02 Å². The van der Waals surface area contributed by atoms with Crippen molar-refractivity contribution in [2.24, 2.45) is 0 Å². The number of aromatic nitrogens is 2. The van der Waals surface area contributed by atoms with Crippen LogP contribution < -0.4 is 10.2 Å². The first-order valence-corrected chi connectivity index (χ1v) is 14.5. The molecule has 5 rings (SSSR count). The fraction of sp³-hybridized carbons (Fsp3) is 0.250. The quantitative estimate of drug-likeness (QED) is 0.295. The van der Waals surface area contributed by atoms with Crippen molar-refractivity contribution in [3.63, 3.8) is 0 Å². The van der Waals surface area contributed by atoms with Crippen LogP contribution in [0.4, 0.5) is 5.82 Å². The molecular weight excluding hydrogens is 524 g/mol. The van der Waals surface area contributed by atoms with Gasteiger partial charge in [-0.1, -0.05) is 61.0 Å². The van der Waals surface area contributed by atoms with E-state index in [1.165, 1.54) is 11.8 Å². The van der Waals surface area contributed by atoms with Crippen LogP contribution in [-0.4, -0.2) is 40.4 Å². The maximum Gasteiger partial charge on any atom is 0.240 e. The van der Waals surface area contributed by atoms with Gasteiger partial charge in [-0.25, -0.2) is 4.68 Å². The summed E-state index contributed by atoms with van der Waals surface area (Å²) in [5, 5.41) is 10.4. The first-order chi connectivity index (χ1) is 18.0. The zero-order valence-corrected chi connectivity index (χ0v) is 23.0. The summed E-state index contributed by atoms with van der Waals surface area (Å²) in [5.74, 6) is 0.491. The van der Waals surface area contributed by atoms with Crippen molar-refractivity contribution in [3.8, 4) is 16.3 Å². The van der Waals surface area contributed by atoms with Gasteiger partial charge in [-0.2, -0.15) is 5.10 Å². The van der Waals surface area contributed by atoms with E-state index in [4.69, 9.17) is 16.7 Å². The van der Waals surface area contributed by atoms with E-state index in [2.05, 4.69) is 5.32 Å². The number of nitrogens with zero attached hydrogens (tertiary/aromatic N) is 3. The summed E-state index contributed by atoms with van der Waals surface area (Å²) in [7, 11) is 0. The van der Waals surface area contributed by atoms with Crippen molar-refractivity contribution in [3.05, 3.63) is 87.8 Å². The molecule has 4 aromatic rings. The SMILES string of the molecule is CCCNC(=O)CN1C(=O)CS[C@H](c2ccccc2Cl)c2c(-c3cccs3)nn(-c3ccccc3C)c21. The first kappa shape index (κ1) is 25.6. The Labute approximate surface area is 229 Å². The number of carbonyl (C=O) groups excluding carboxylic acids is 2. The molecule has 3 heterocycles. The number of para-hydroxylation sites is 1. The third kappa shape index (κ3) is 5.06. The van der Waals surface area contributed by atoms with Crippen LogP contribution >= 0.6 is 34.7 Å². The van der Waals surface area contributed by atoms with Gasteiger partial charge in [-0.05, 0) is 48.1 Å². The summed E-state index contributed by atoms with van der Waals surface area (Å²) in [6, 6.07) is 19.7. The van der Waals surface area contributed by atoms with E-state index < -0.39 is 0 Å². The lowest BCUT2D eigenvalue weighted by atomic mass is 10.0. The van der Waals surface area contributed by atoms with Crippen molar-refractivity contribution in [2.45, 2.75) is 25.5 Å². The van der Waals surface area contributed by atoms with Crippen molar-refractivity contribution in [1.82, 2.24) is 15.1 Å². The lowest BCUT2D eigenvalue weighted by Gasteiger charge is -2.23. The molecule has 0 fully saturated rings. The molecule has 0 spiro atoms. The number of thiophene rings is 1. The van der Waals surface area contributed by atoms with Gasteiger partial charge in [0.15, 0.2) is 0 Å². The van der Waals surface area contributed by atoms with Crippen LogP contribution in [0, 0.1) is 6.92 Å². The summed E-state index contributed by atoms with van der Waals surface area (Å²) in [4.78, 5) is 29.2. The third-order valence-electron chi connectivity index (χ3n) is 6.25. The van der Waals surface area contributed by atoms with Crippen molar-refractivity contribution in [2.75, 3.05) is 23.7 Å². The van der Waals surface area contributed by atoms with Crippen LogP contribution in [0.3, 0.4) is 0 Å². The summed E-state index contributed by atoms with van der Waals surface area (Å²) in [6.07, 6.45) is 0.818. The van der Waals surface area contributed by atoms with Crippen LogP contribution in [0.1, 0.15) is 35.3 Å². The number of aryl methyl sites for hydroxylation is 1. The number of amides is 2. The van der Waals surface area contributed by atoms with Crippen LogP contribution in [-0.2, 0) is 9.59 Å².